The van der Waals surface area contributed by atoms with E-state index in [9.17, 15) is 4.79 Å². The van der Waals surface area contributed by atoms with Crippen molar-refractivity contribution in [3.63, 3.8) is 0 Å². The van der Waals surface area contributed by atoms with Gasteiger partial charge in [0.15, 0.2) is 4.34 Å². The number of hydrogen-bond donors (Lipinski definition) is 1. The molecule has 0 spiro atoms. The minimum Gasteiger partial charge on any atom is -0.481 e. The molecule has 0 unspecified atom stereocenters. The molecule has 0 aliphatic heterocycles. The molecule has 0 aliphatic carbocycles. The van der Waals surface area contributed by atoms with E-state index < -0.39 is 5.97 Å². The van der Waals surface area contributed by atoms with Crippen LogP contribution >= 0.6 is 45.7 Å². The second-order valence-corrected chi connectivity index (χ2v) is 5.76. The van der Waals surface area contributed by atoms with Crippen molar-refractivity contribution in [1.29, 1.82) is 0 Å². The predicted molar refractivity (Wildman–Crippen MR) is 53.2 cm³/mol. The van der Waals surface area contributed by atoms with Crippen molar-refractivity contribution in [3.05, 3.63) is 9.08 Å². The standard InChI is InChI=1S/C5H4INO2S2/c6-3-1-7-5(11-3)10-2-4(8)9/h1H,2H2,(H,8,9). The van der Waals surface area contributed by atoms with Crippen LogP contribution in [0.4, 0.5) is 0 Å². The van der Waals surface area contributed by atoms with Crippen LogP contribution in [-0.4, -0.2) is 21.8 Å². The molecule has 0 bridgehead atoms. The fourth-order valence-electron chi connectivity index (χ4n) is 0.430. The van der Waals surface area contributed by atoms with Crippen molar-refractivity contribution in [2.75, 3.05) is 5.75 Å². The van der Waals surface area contributed by atoms with Gasteiger partial charge in [-0.05, 0) is 22.6 Å². The van der Waals surface area contributed by atoms with Crippen LogP contribution in [-0.2, 0) is 4.79 Å². The van der Waals surface area contributed by atoms with E-state index in [1.54, 1.807) is 6.20 Å². The normalized spacial score (nSPS) is 9.91. The van der Waals surface area contributed by atoms with Crippen LogP contribution in [0.15, 0.2) is 10.5 Å². The van der Waals surface area contributed by atoms with Crippen molar-refractivity contribution in [2.24, 2.45) is 0 Å². The van der Waals surface area contributed by atoms with Gasteiger partial charge in [0.1, 0.15) is 0 Å². The second-order valence-electron chi connectivity index (χ2n) is 1.61. The number of nitrogens with zero attached hydrogens (tertiary/aromatic N) is 1. The molecular weight excluding hydrogens is 297 g/mol. The van der Waals surface area contributed by atoms with Gasteiger partial charge in [-0.3, -0.25) is 4.79 Å². The molecule has 0 radical (unpaired) electrons. The molecule has 0 aromatic carbocycles. The van der Waals surface area contributed by atoms with E-state index >= 15 is 0 Å². The molecule has 0 saturated carbocycles. The summed E-state index contributed by atoms with van der Waals surface area (Å²) in [5, 5.41) is 8.34. The van der Waals surface area contributed by atoms with Gasteiger partial charge in [-0.1, -0.05) is 11.8 Å². The fraction of sp³-hybridized carbons (Fsp3) is 0.200. The Morgan fingerprint density at radius 1 is 1.91 bits per heavy atom. The summed E-state index contributed by atoms with van der Waals surface area (Å²) >= 11 is 4.91. The van der Waals surface area contributed by atoms with Crippen LogP contribution < -0.4 is 0 Å². The lowest BCUT2D eigenvalue weighted by Crippen LogP contribution is -1.96. The Balaban J connectivity index is 2.45. The Morgan fingerprint density at radius 2 is 2.64 bits per heavy atom. The summed E-state index contributed by atoms with van der Waals surface area (Å²) in [6, 6.07) is 0. The first-order valence-electron chi connectivity index (χ1n) is 2.64. The first kappa shape index (κ1) is 9.27. The quantitative estimate of drug-likeness (QED) is 0.684. The van der Waals surface area contributed by atoms with Gasteiger partial charge in [0.2, 0.25) is 0 Å². The van der Waals surface area contributed by atoms with Crippen LogP contribution in [0.1, 0.15) is 0 Å². The molecule has 1 heterocycles. The van der Waals surface area contributed by atoms with Crippen molar-refractivity contribution in [2.45, 2.75) is 4.34 Å². The minimum atomic E-state index is -0.805. The number of thiazole rings is 1. The van der Waals surface area contributed by atoms with Gasteiger partial charge in [-0.25, -0.2) is 4.98 Å². The highest BCUT2D eigenvalue weighted by Crippen LogP contribution is 2.24. The number of thioether (sulfide) groups is 1. The van der Waals surface area contributed by atoms with Crippen LogP contribution in [0.3, 0.4) is 0 Å². The summed E-state index contributed by atoms with van der Waals surface area (Å²) in [5.74, 6) is -0.718. The van der Waals surface area contributed by atoms with Gasteiger partial charge in [0.25, 0.3) is 0 Å². The molecule has 60 valence electrons. The zero-order chi connectivity index (χ0) is 8.27. The van der Waals surface area contributed by atoms with Crippen LogP contribution in [0, 0.1) is 2.88 Å². The average Bonchev–Trinajstić information content (AvgIpc) is 2.31. The number of aliphatic carboxylic acids is 1. The number of rotatable bonds is 3. The maximum atomic E-state index is 10.1. The van der Waals surface area contributed by atoms with E-state index in [1.807, 2.05) is 0 Å². The molecule has 1 N–H and O–H groups in total. The van der Waals surface area contributed by atoms with E-state index in [2.05, 4.69) is 27.6 Å². The van der Waals surface area contributed by atoms with E-state index in [-0.39, 0.29) is 5.75 Å². The van der Waals surface area contributed by atoms with E-state index in [4.69, 9.17) is 5.11 Å². The summed E-state index contributed by atoms with van der Waals surface area (Å²) in [5.41, 5.74) is 0. The zero-order valence-electron chi connectivity index (χ0n) is 5.28. The molecule has 1 aromatic heterocycles. The topological polar surface area (TPSA) is 50.2 Å². The predicted octanol–water partition coefficient (Wildman–Crippen LogP) is 1.92. The van der Waals surface area contributed by atoms with Crippen molar-refractivity contribution < 1.29 is 9.90 Å². The number of halogens is 1. The largest absolute Gasteiger partial charge is 0.481 e. The number of carboxylic acids is 1. The maximum absolute atomic E-state index is 10.1. The highest BCUT2D eigenvalue weighted by molar-refractivity contribution is 14.1. The number of carboxylic acid groups (broad SMARTS) is 1. The zero-order valence-corrected chi connectivity index (χ0v) is 9.07. The number of aromatic nitrogens is 1. The molecule has 0 atom stereocenters. The smallest absolute Gasteiger partial charge is 0.313 e. The minimum absolute atomic E-state index is 0.0869. The van der Waals surface area contributed by atoms with Crippen molar-refractivity contribution in [3.8, 4) is 0 Å². The Morgan fingerprint density at radius 3 is 3.09 bits per heavy atom. The third-order valence-corrected chi connectivity index (χ3v) is 3.64. The second kappa shape index (κ2) is 4.27. The van der Waals surface area contributed by atoms with E-state index in [1.165, 1.54) is 23.1 Å². The Bertz CT molecular complexity index is 263. The third-order valence-electron chi connectivity index (χ3n) is 0.775. The van der Waals surface area contributed by atoms with Crippen molar-refractivity contribution >= 4 is 51.7 Å². The maximum Gasteiger partial charge on any atom is 0.313 e. The summed E-state index contributed by atoms with van der Waals surface area (Å²) in [6.07, 6.45) is 1.73. The fourth-order valence-corrected chi connectivity index (χ4v) is 3.08. The molecule has 0 amide bonds. The van der Waals surface area contributed by atoms with Crippen LogP contribution in [0.2, 0.25) is 0 Å². The van der Waals surface area contributed by atoms with Gasteiger partial charge in [-0.2, -0.15) is 0 Å². The van der Waals surface area contributed by atoms with E-state index in [0.717, 1.165) is 7.22 Å². The van der Waals surface area contributed by atoms with E-state index in [0.29, 0.717) is 0 Å². The Hall–Kier alpha value is 0.180. The highest BCUT2D eigenvalue weighted by atomic mass is 127. The van der Waals surface area contributed by atoms with Gasteiger partial charge in [0.05, 0.1) is 14.8 Å². The van der Waals surface area contributed by atoms with Gasteiger partial charge in [0, 0.05) is 0 Å². The summed E-state index contributed by atoms with van der Waals surface area (Å²) in [7, 11) is 0. The van der Waals surface area contributed by atoms with Gasteiger partial charge in [-0.15, -0.1) is 11.3 Å². The number of carbonyl (C=O) groups is 1. The lowest BCUT2D eigenvalue weighted by Gasteiger charge is -1.88. The van der Waals surface area contributed by atoms with Gasteiger partial charge < -0.3 is 5.11 Å². The third kappa shape index (κ3) is 3.39. The molecule has 6 heteroatoms. The molecule has 1 rings (SSSR count). The average molecular weight is 301 g/mol. The van der Waals surface area contributed by atoms with Gasteiger partial charge >= 0.3 is 5.97 Å². The van der Waals surface area contributed by atoms with Crippen molar-refractivity contribution in [1.82, 2.24) is 4.98 Å². The first-order valence-corrected chi connectivity index (χ1v) is 5.52. The lowest BCUT2D eigenvalue weighted by molar-refractivity contribution is -0.133. The summed E-state index contributed by atoms with van der Waals surface area (Å²) in [6.45, 7) is 0. The molecule has 0 saturated heterocycles. The molecule has 1 aromatic rings. The summed E-state index contributed by atoms with van der Waals surface area (Å²) < 4.78 is 1.90. The monoisotopic (exact) mass is 301 g/mol. The molecular formula is C5H4INO2S2. The Kier molecular flexibility index (Phi) is 3.60. The highest BCUT2D eigenvalue weighted by Gasteiger charge is 2.02. The Labute approximate surface area is 85.4 Å². The molecule has 11 heavy (non-hydrogen) atoms. The molecule has 0 aliphatic rings. The van der Waals surface area contributed by atoms with Crippen LogP contribution in [0.5, 0.6) is 0 Å². The lowest BCUT2D eigenvalue weighted by atomic mass is 10.8. The molecule has 0 fully saturated rings. The summed E-state index contributed by atoms with van der Waals surface area (Å²) in [4.78, 5) is 14.1. The number of hydrogen-bond acceptors (Lipinski definition) is 4. The van der Waals surface area contributed by atoms with Crippen LogP contribution in [0.25, 0.3) is 0 Å². The molecule has 3 nitrogen and oxygen atoms in total. The first-order chi connectivity index (χ1) is 5.18. The SMILES string of the molecule is O=C(O)CSc1ncc(I)s1.